The van der Waals surface area contributed by atoms with E-state index in [4.69, 9.17) is 14.2 Å². The number of nitrogens with zero attached hydrogens (tertiary/aromatic N) is 1. The summed E-state index contributed by atoms with van der Waals surface area (Å²) < 4.78 is 16.5. The monoisotopic (exact) mass is 440 g/mol. The first-order chi connectivity index (χ1) is 15.3. The van der Waals surface area contributed by atoms with Crippen LogP contribution in [0.2, 0.25) is 0 Å². The molecule has 2 aromatic carbocycles. The summed E-state index contributed by atoms with van der Waals surface area (Å²) in [4.78, 5) is 27.3. The van der Waals surface area contributed by atoms with Crippen molar-refractivity contribution in [2.45, 2.75) is 39.7 Å². The van der Waals surface area contributed by atoms with Crippen molar-refractivity contribution < 1.29 is 23.8 Å². The predicted octanol–water partition coefficient (Wildman–Crippen LogP) is 3.43. The van der Waals surface area contributed by atoms with Gasteiger partial charge in [-0.05, 0) is 62.4 Å². The molecule has 0 spiro atoms. The van der Waals surface area contributed by atoms with E-state index in [1.807, 2.05) is 32.9 Å². The van der Waals surface area contributed by atoms with Crippen molar-refractivity contribution in [1.82, 2.24) is 10.2 Å². The van der Waals surface area contributed by atoms with E-state index in [-0.39, 0.29) is 24.5 Å². The van der Waals surface area contributed by atoms with Gasteiger partial charge in [-0.25, -0.2) is 0 Å². The summed E-state index contributed by atoms with van der Waals surface area (Å²) >= 11 is 0. The van der Waals surface area contributed by atoms with Gasteiger partial charge in [-0.1, -0.05) is 18.2 Å². The molecule has 0 aromatic heterocycles. The Morgan fingerprint density at radius 2 is 1.56 bits per heavy atom. The van der Waals surface area contributed by atoms with E-state index in [2.05, 4.69) is 5.32 Å². The number of likely N-dealkylation sites (tertiary alicyclic amines) is 1. The number of rotatable bonds is 7. The van der Waals surface area contributed by atoms with Crippen molar-refractivity contribution in [2.75, 3.05) is 33.9 Å². The maximum atomic E-state index is 13.1. The summed E-state index contributed by atoms with van der Waals surface area (Å²) in [6, 6.07) is 9.35. The Balaban J connectivity index is 1.54. The SMILES string of the molecule is COc1cccc(OC)c1C(=O)N1CCC(NC(=O)COc2c(C)ccc(C)c2C)CC1. The fraction of sp³-hybridized carbons (Fsp3) is 0.440. The molecule has 0 aliphatic carbocycles. The molecule has 1 N–H and O–H groups in total. The van der Waals surface area contributed by atoms with Gasteiger partial charge < -0.3 is 24.4 Å². The minimum absolute atomic E-state index is 0.00872. The van der Waals surface area contributed by atoms with Crippen LogP contribution in [0.15, 0.2) is 30.3 Å². The van der Waals surface area contributed by atoms with Gasteiger partial charge in [0, 0.05) is 19.1 Å². The molecule has 7 nitrogen and oxygen atoms in total. The number of nitrogens with one attached hydrogen (secondary N) is 1. The number of hydrogen-bond acceptors (Lipinski definition) is 5. The molecule has 32 heavy (non-hydrogen) atoms. The first-order valence-electron chi connectivity index (χ1n) is 10.8. The zero-order chi connectivity index (χ0) is 23.3. The third kappa shape index (κ3) is 5.15. The summed E-state index contributed by atoms with van der Waals surface area (Å²) in [5.41, 5.74) is 3.63. The van der Waals surface area contributed by atoms with E-state index in [0.717, 1.165) is 22.4 Å². The third-order valence-corrected chi connectivity index (χ3v) is 6.01. The first-order valence-corrected chi connectivity index (χ1v) is 10.8. The lowest BCUT2D eigenvalue weighted by molar-refractivity contribution is -0.124. The lowest BCUT2D eigenvalue weighted by Crippen LogP contribution is -2.47. The summed E-state index contributed by atoms with van der Waals surface area (Å²) in [5, 5.41) is 3.04. The molecule has 172 valence electrons. The molecule has 0 radical (unpaired) electrons. The maximum Gasteiger partial charge on any atom is 0.261 e. The van der Waals surface area contributed by atoms with Crippen LogP contribution < -0.4 is 19.5 Å². The van der Waals surface area contributed by atoms with E-state index >= 15 is 0 Å². The Kier molecular flexibility index (Phi) is 7.62. The van der Waals surface area contributed by atoms with E-state index < -0.39 is 0 Å². The first kappa shape index (κ1) is 23.4. The van der Waals surface area contributed by atoms with Crippen molar-refractivity contribution in [3.63, 3.8) is 0 Å². The predicted molar refractivity (Wildman–Crippen MR) is 123 cm³/mol. The van der Waals surface area contributed by atoms with Crippen LogP contribution in [0.3, 0.4) is 0 Å². The van der Waals surface area contributed by atoms with Crippen LogP contribution in [-0.4, -0.2) is 56.7 Å². The van der Waals surface area contributed by atoms with Crippen LogP contribution in [0.5, 0.6) is 17.2 Å². The van der Waals surface area contributed by atoms with Crippen molar-refractivity contribution >= 4 is 11.8 Å². The zero-order valence-electron chi connectivity index (χ0n) is 19.5. The van der Waals surface area contributed by atoms with Gasteiger partial charge in [-0.15, -0.1) is 0 Å². The highest BCUT2D eigenvalue weighted by atomic mass is 16.5. The van der Waals surface area contributed by atoms with E-state index in [9.17, 15) is 9.59 Å². The third-order valence-electron chi connectivity index (χ3n) is 6.01. The fourth-order valence-corrected chi connectivity index (χ4v) is 4.00. The number of carbonyl (C=O) groups excluding carboxylic acids is 2. The van der Waals surface area contributed by atoms with Gasteiger partial charge in [0.1, 0.15) is 22.8 Å². The average molecular weight is 441 g/mol. The van der Waals surface area contributed by atoms with Gasteiger partial charge in [0.2, 0.25) is 0 Å². The number of piperidine rings is 1. The molecule has 0 atom stereocenters. The number of amides is 2. The molecule has 1 saturated heterocycles. The molecule has 2 amide bonds. The minimum Gasteiger partial charge on any atom is -0.496 e. The average Bonchev–Trinajstić information content (AvgIpc) is 2.81. The Morgan fingerprint density at radius 1 is 0.969 bits per heavy atom. The number of carbonyl (C=O) groups is 2. The van der Waals surface area contributed by atoms with Crippen molar-refractivity contribution in [2.24, 2.45) is 0 Å². The van der Waals surface area contributed by atoms with Crippen molar-refractivity contribution in [1.29, 1.82) is 0 Å². The van der Waals surface area contributed by atoms with Gasteiger partial charge in [0.25, 0.3) is 11.8 Å². The van der Waals surface area contributed by atoms with E-state index in [0.29, 0.717) is 43.0 Å². The molecule has 1 aliphatic rings. The van der Waals surface area contributed by atoms with Crippen LogP contribution >= 0.6 is 0 Å². The summed E-state index contributed by atoms with van der Waals surface area (Å²) in [6.45, 7) is 7.06. The molecule has 1 fully saturated rings. The van der Waals surface area contributed by atoms with Gasteiger partial charge in [0.15, 0.2) is 6.61 Å². The molecule has 0 unspecified atom stereocenters. The fourth-order valence-electron chi connectivity index (χ4n) is 4.00. The molecule has 0 saturated carbocycles. The van der Waals surface area contributed by atoms with Crippen LogP contribution in [0.1, 0.15) is 39.9 Å². The highest BCUT2D eigenvalue weighted by molar-refractivity contribution is 5.99. The Labute approximate surface area is 189 Å². The number of benzene rings is 2. The lowest BCUT2D eigenvalue weighted by atomic mass is 10.0. The van der Waals surface area contributed by atoms with Gasteiger partial charge in [-0.3, -0.25) is 9.59 Å². The van der Waals surface area contributed by atoms with Gasteiger partial charge in [-0.2, -0.15) is 0 Å². The standard InChI is InChI=1S/C25H32N2O5/c1-16-9-10-17(2)24(18(16)3)32-15-22(28)26-19-11-13-27(14-12-19)25(29)23-20(30-4)7-6-8-21(23)31-5/h6-10,19H,11-15H2,1-5H3,(H,26,28). The Bertz CT molecular complexity index is 958. The van der Waals surface area contributed by atoms with E-state index in [1.54, 1.807) is 23.1 Å². The molecule has 0 bridgehead atoms. The second-order valence-electron chi connectivity index (χ2n) is 8.11. The molecule has 3 rings (SSSR count). The Morgan fingerprint density at radius 3 is 2.16 bits per heavy atom. The summed E-state index contributed by atoms with van der Waals surface area (Å²) in [7, 11) is 3.07. The molecular formula is C25H32N2O5. The molecule has 2 aromatic rings. The van der Waals surface area contributed by atoms with Crippen LogP contribution in [-0.2, 0) is 4.79 Å². The van der Waals surface area contributed by atoms with Crippen molar-refractivity contribution in [3.05, 3.63) is 52.6 Å². The maximum absolute atomic E-state index is 13.1. The molecule has 1 heterocycles. The van der Waals surface area contributed by atoms with Gasteiger partial charge in [0.05, 0.1) is 14.2 Å². The number of hydrogen-bond donors (Lipinski definition) is 1. The number of ether oxygens (including phenoxy) is 3. The second kappa shape index (κ2) is 10.4. The Hall–Kier alpha value is -3.22. The normalized spacial score (nSPS) is 14.1. The van der Waals surface area contributed by atoms with Crippen molar-refractivity contribution in [3.8, 4) is 17.2 Å². The molecule has 7 heteroatoms. The zero-order valence-corrected chi connectivity index (χ0v) is 19.5. The van der Waals surface area contributed by atoms with Crippen LogP contribution in [0, 0.1) is 20.8 Å². The van der Waals surface area contributed by atoms with Crippen LogP contribution in [0.25, 0.3) is 0 Å². The number of aryl methyl sites for hydroxylation is 2. The number of methoxy groups -OCH3 is 2. The molecular weight excluding hydrogens is 408 g/mol. The lowest BCUT2D eigenvalue weighted by Gasteiger charge is -2.33. The summed E-state index contributed by atoms with van der Waals surface area (Å²) in [5.74, 6) is 1.47. The topological polar surface area (TPSA) is 77.1 Å². The largest absolute Gasteiger partial charge is 0.496 e. The minimum atomic E-state index is -0.151. The highest BCUT2D eigenvalue weighted by Gasteiger charge is 2.28. The van der Waals surface area contributed by atoms with Gasteiger partial charge >= 0.3 is 0 Å². The quantitative estimate of drug-likeness (QED) is 0.714. The van der Waals surface area contributed by atoms with Crippen LogP contribution in [0.4, 0.5) is 0 Å². The highest BCUT2D eigenvalue weighted by Crippen LogP contribution is 2.30. The van der Waals surface area contributed by atoms with E-state index in [1.165, 1.54) is 14.2 Å². The smallest absolute Gasteiger partial charge is 0.261 e. The summed E-state index contributed by atoms with van der Waals surface area (Å²) in [6.07, 6.45) is 1.36. The molecule has 1 aliphatic heterocycles. The second-order valence-corrected chi connectivity index (χ2v) is 8.11.